The van der Waals surface area contributed by atoms with Crippen molar-refractivity contribution >= 4 is 11.3 Å². The summed E-state index contributed by atoms with van der Waals surface area (Å²) >= 11 is 1.60. The van der Waals surface area contributed by atoms with Gasteiger partial charge in [0.25, 0.3) is 0 Å². The molecule has 0 aliphatic carbocycles. The van der Waals surface area contributed by atoms with E-state index in [1.54, 1.807) is 23.0 Å². The summed E-state index contributed by atoms with van der Waals surface area (Å²) in [7, 11) is 0. The van der Waals surface area contributed by atoms with Gasteiger partial charge in [-0.05, 0) is 0 Å². The van der Waals surface area contributed by atoms with Crippen LogP contribution in [0, 0.1) is 0 Å². The largest absolute Gasteiger partial charge is 1.00 e. The van der Waals surface area contributed by atoms with Crippen LogP contribution in [0.1, 0.15) is 2.85 Å². The van der Waals surface area contributed by atoms with Gasteiger partial charge in [-0.25, -0.2) is 0 Å². The van der Waals surface area contributed by atoms with E-state index in [4.69, 9.17) is 0 Å². The second kappa shape index (κ2) is 7.63. The molecule has 0 N–H and O–H groups in total. The Balaban J connectivity index is -0.0000000312. The molecule has 0 unspecified atom stereocenters. The van der Waals surface area contributed by atoms with Gasteiger partial charge in [-0.1, -0.05) is 0 Å². The fraction of sp³-hybridized carbons (Fsp3) is 0. The molecular weight excluding hydrogens is 128 g/mol. The van der Waals surface area contributed by atoms with Crippen molar-refractivity contribution < 1.29 is 62.0 Å². The number of rotatable bonds is 0. The molecule has 1 aromatic heterocycles. The van der Waals surface area contributed by atoms with E-state index in [0.717, 1.165) is 0 Å². The van der Waals surface area contributed by atoms with E-state index >= 15 is 0 Å². The van der Waals surface area contributed by atoms with Crippen molar-refractivity contribution in [2.45, 2.75) is 0 Å². The van der Waals surface area contributed by atoms with Crippen molar-refractivity contribution in [1.29, 1.82) is 0 Å². The van der Waals surface area contributed by atoms with Crippen LogP contribution in [0.25, 0.3) is 0 Å². The molecule has 30 valence electrons. The van der Waals surface area contributed by atoms with Crippen LogP contribution < -0.4 is 59.1 Å². The molecule has 7 heavy (non-hydrogen) atoms. The minimum Gasteiger partial charge on any atom is -1.00 e. The van der Waals surface area contributed by atoms with Crippen molar-refractivity contribution in [2.24, 2.45) is 0 Å². The third-order valence-electron chi connectivity index (χ3n) is 0.347. The average molecular weight is 133 g/mol. The Kier molecular flexibility index (Phi) is 12.5. The van der Waals surface area contributed by atoms with Crippen LogP contribution in [0.2, 0.25) is 0 Å². The summed E-state index contributed by atoms with van der Waals surface area (Å²) in [6.45, 7) is 0. The first-order valence-corrected chi connectivity index (χ1v) is 2.26. The topological polar surface area (TPSA) is 12.9 Å². The molecule has 1 aromatic rings. The molecule has 1 nitrogen and oxygen atoms in total. The van der Waals surface area contributed by atoms with E-state index in [1.807, 2.05) is 5.38 Å². The maximum Gasteiger partial charge on any atom is 1.00 e. The maximum absolute atomic E-state index is 3.74. The van der Waals surface area contributed by atoms with Crippen LogP contribution in [0.5, 0.6) is 0 Å². The molecule has 0 aliphatic rings. The van der Waals surface area contributed by atoms with Gasteiger partial charge in [-0.3, -0.25) is 4.98 Å². The van der Waals surface area contributed by atoms with Crippen LogP contribution in [-0.4, -0.2) is 4.98 Å². The molecule has 0 amide bonds. The van der Waals surface area contributed by atoms with Gasteiger partial charge in [0.1, 0.15) is 0 Å². The van der Waals surface area contributed by atoms with Gasteiger partial charge in [0.2, 0.25) is 0 Å². The number of hydrogen-bond donors (Lipinski definition) is 0. The first-order valence-electron chi connectivity index (χ1n) is 1.32. The third kappa shape index (κ3) is 5.50. The summed E-state index contributed by atoms with van der Waals surface area (Å²) in [5, 5.41) is 1.93. The molecule has 1 heterocycles. The minimum atomic E-state index is 0. The van der Waals surface area contributed by atoms with E-state index in [2.05, 4.69) is 4.98 Å². The van der Waals surface area contributed by atoms with Crippen LogP contribution in [0.4, 0.5) is 0 Å². The Morgan fingerprint density at radius 1 is 1.43 bits per heavy atom. The monoisotopic (exact) mass is 133 g/mol. The van der Waals surface area contributed by atoms with Gasteiger partial charge in [0.05, 0.1) is 5.51 Å². The number of aromatic nitrogens is 1. The average Bonchev–Trinajstić information content (AvgIpc) is 1.76. The van der Waals surface area contributed by atoms with Crippen molar-refractivity contribution in [3.8, 4) is 0 Å². The molecule has 0 spiro atoms. The molecule has 0 saturated carbocycles. The Bertz CT molecular complexity index is 76.3. The summed E-state index contributed by atoms with van der Waals surface area (Å²) in [6.07, 6.45) is 1.77. The Hall–Kier alpha value is 1.63. The zero-order valence-electron chi connectivity index (χ0n) is 6.59. The molecular formula is C3H5NNa2S. The molecule has 4 heteroatoms. The summed E-state index contributed by atoms with van der Waals surface area (Å²) in [6, 6.07) is 0. The molecule has 0 fully saturated rings. The fourth-order valence-electron chi connectivity index (χ4n) is 0.176. The predicted molar refractivity (Wildman–Crippen MR) is 24.3 cm³/mol. The summed E-state index contributed by atoms with van der Waals surface area (Å²) < 4.78 is 0. The molecule has 0 aromatic carbocycles. The molecule has 0 radical (unpaired) electrons. The smallest absolute Gasteiger partial charge is 1.00 e. The number of nitrogens with zero attached hydrogens (tertiary/aromatic N) is 1. The van der Waals surface area contributed by atoms with E-state index in [1.165, 1.54) is 0 Å². The van der Waals surface area contributed by atoms with Crippen molar-refractivity contribution in [3.05, 3.63) is 17.1 Å². The Morgan fingerprint density at radius 3 is 2.29 bits per heavy atom. The van der Waals surface area contributed by atoms with Crippen LogP contribution in [-0.2, 0) is 0 Å². The predicted octanol–water partition coefficient (Wildman–Crippen LogP) is -4.62. The van der Waals surface area contributed by atoms with E-state index < -0.39 is 0 Å². The van der Waals surface area contributed by atoms with Crippen molar-refractivity contribution in [3.63, 3.8) is 0 Å². The Morgan fingerprint density at radius 2 is 2.14 bits per heavy atom. The number of hydrogen-bond acceptors (Lipinski definition) is 2. The summed E-state index contributed by atoms with van der Waals surface area (Å²) in [5.41, 5.74) is 1.79. The fourth-order valence-corrected chi connectivity index (χ4v) is 0.527. The molecule has 0 aliphatic heterocycles. The second-order valence-corrected chi connectivity index (χ2v) is 1.43. The third-order valence-corrected chi connectivity index (χ3v) is 0.869. The van der Waals surface area contributed by atoms with Gasteiger partial charge in [0, 0.05) is 11.6 Å². The van der Waals surface area contributed by atoms with Crippen LogP contribution in [0.3, 0.4) is 0 Å². The van der Waals surface area contributed by atoms with E-state index in [0.29, 0.717) is 0 Å². The summed E-state index contributed by atoms with van der Waals surface area (Å²) in [4.78, 5) is 3.74. The van der Waals surface area contributed by atoms with Gasteiger partial charge >= 0.3 is 59.1 Å². The first kappa shape index (κ1) is 11.4. The first-order chi connectivity index (χ1) is 2.50. The molecule has 0 saturated heterocycles. The van der Waals surface area contributed by atoms with E-state index in [9.17, 15) is 0 Å². The SMILES string of the molecule is [H-].[H-].[Na+].[Na+].c1cscn1. The van der Waals surface area contributed by atoms with Gasteiger partial charge < -0.3 is 2.85 Å². The zero-order chi connectivity index (χ0) is 3.54. The van der Waals surface area contributed by atoms with Gasteiger partial charge in [0.15, 0.2) is 0 Å². The van der Waals surface area contributed by atoms with Gasteiger partial charge in [-0.2, -0.15) is 0 Å². The maximum atomic E-state index is 3.74. The summed E-state index contributed by atoms with van der Waals surface area (Å²) in [5.74, 6) is 0. The molecule has 1 rings (SSSR count). The standard InChI is InChI=1S/C3H3NS.2Na.2H/c1-2-5-3-4-1;;;;/h1-3H;;;;/q;2*+1;2*-1. The number of thiazole rings is 1. The molecule has 0 bridgehead atoms. The molecule has 0 atom stereocenters. The van der Waals surface area contributed by atoms with Crippen LogP contribution >= 0.6 is 11.3 Å². The van der Waals surface area contributed by atoms with Crippen molar-refractivity contribution in [2.75, 3.05) is 0 Å². The van der Waals surface area contributed by atoms with Crippen LogP contribution in [0.15, 0.2) is 17.1 Å². The van der Waals surface area contributed by atoms with Gasteiger partial charge in [-0.15, -0.1) is 11.3 Å². The minimum absolute atomic E-state index is 0. The quantitative estimate of drug-likeness (QED) is 0.324. The van der Waals surface area contributed by atoms with Crippen molar-refractivity contribution in [1.82, 2.24) is 4.98 Å². The van der Waals surface area contributed by atoms with E-state index in [-0.39, 0.29) is 62.0 Å². The second-order valence-electron chi connectivity index (χ2n) is 0.676. The normalized spacial score (nSPS) is 5.71. The zero-order valence-corrected chi connectivity index (χ0v) is 9.40. The Labute approximate surface area is 94.1 Å².